The van der Waals surface area contributed by atoms with Crippen LogP contribution < -0.4 is 0 Å². The van der Waals surface area contributed by atoms with E-state index in [0.29, 0.717) is 6.42 Å². The summed E-state index contributed by atoms with van der Waals surface area (Å²) in [5.41, 5.74) is 0. The maximum atomic E-state index is 10.7. The number of aliphatic hydroxyl groups excluding tert-OH is 7. The third-order valence-corrected chi connectivity index (χ3v) is 7.94. The van der Waals surface area contributed by atoms with E-state index in [0.717, 1.165) is 77.0 Å². The largest absolute Gasteiger partial charge is 0.481 e. The molecule has 0 aromatic heterocycles. The SMILES string of the molecule is O=C(O)CCCCCCC/C=C\CCCCCCCCO[C@@H]1OC(CO)[C@@H](O)C(O)[C@@H]1O[C@@H]1OC(CO)[C@@H](O)C(O)[C@@H]1O. The second kappa shape index (κ2) is 21.5. The molecule has 0 aromatic carbocycles. The zero-order valence-corrected chi connectivity index (χ0v) is 25.1. The first-order valence-electron chi connectivity index (χ1n) is 15.8. The molecule has 0 aromatic rings. The molecule has 2 aliphatic rings. The van der Waals surface area contributed by atoms with E-state index in [1.165, 1.54) is 0 Å². The van der Waals surface area contributed by atoms with Crippen LogP contribution in [-0.2, 0) is 23.7 Å². The van der Waals surface area contributed by atoms with Crippen LogP contribution in [0.1, 0.15) is 89.9 Å². The van der Waals surface area contributed by atoms with Crippen LogP contribution in [0, 0.1) is 0 Å². The van der Waals surface area contributed by atoms with Gasteiger partial charge >= 0.3 is 5.97 Å². The maximum absolute atomic E-state index is 10.7. The van der Waals surface area contributed by atoms with Crippen molar-refractivity contribution in [2.45, 2.75) is 151 Å². The highest BCUT2D eigenvalue weighted by molar-refractivity contribution is 5.66. The van der Waals surface area contributed by atoms with Gasteiger partial charge in [-0.15, -0.1) is 0 Å². The van der Waals surface area contributed by atoms with Gasteiger partial charge in [0.1, 0.15) is 48.8 Å². The fraction of sp³-hybridized carbons (Fsp3) is 0.900. The van der Waals surface area contributed by atoms with E-state index in [-0.39, 0.29) is 13.0 Å². The average molecular weight is 623 g/mol. The molecule has 2 rings (SSSR count). The van der Waals surface area contributed by atoms with Crippen molar-refractivity contribution in [1.82, 2.24) is 0 Å². The minimum absolute atomic E-state index is 0.252. The second-order valence-corrected chi connectivity index (χ2v) is 11.5. The number of carbonyl (C=O) groups is 1. The normalized spacial score (nSPS) is 33.3. The Morgan fingerprint density at radius 2 is 1.09 bits per heavy atom. The van der Waals surface area contributed by atoms with E-state index in [9.17, 15) is 40.5 Å². The van der Waals surface area contributed by atoms with E-state index in [1.54, 1.807) is 0 Å². The average Bonchev–Trinajstić information content (AvgIpc) is 2.99. The van der Waals surface area contributed by atoms with Crippen molar-refractivity contribution in [1.29, 1.82) is 0 Å². The lowest BCUT2D eigenvalue weighted by Gasteiger charge is -2.45. The van der Waals surface area contributed by atoms with Gasteiger partial charge in [0.2, 0.25) is 0 Å². The lowest BCUT2D eigenvalue weighted by molar-refractivity contribution is -0.367. The van der Waals surface area contributed by atoms with Gasteiger partial charge in [0.25, 0.3) is 0 Å². The molecule has 0 spiro atoms. The highest BCUT2D eigenvalue weighted by Gasteiger charge is 2.50. The first-order chi connectivity index (χ1) is 20.7. The quantitative estimate of drug-likeness (QED) is 0.0618. The fourth-order valence-electron chi connectivity index (χ4n) is 5.25. The molecule has 2 saturated heterocycles. The van der Waals surface area contributed by atoms with Crippen molar-refractivity contribution in [2.24, 2.45) is 0 Å². The Bertz CT molecular complexity index is 766. The molecule has 0 bridgehead atoms. The van der Waals surface area contributed by atoms with Crippen LogP contribution >= 0.6 is 0 Å². The van der Waals surface area contributed by atoms with Crippen LogP contribution in [-0.4, -0.2) is 128 Å². The lowest BCUT2D eigenvalue weighted by atomic mass is 9.97. The Morgan fingerprint density at radius 1 is 0.605 bits per heavy atom. The monoisotopic (exact) mass is 622 g/mol. The molecule has 0 saturated carbocycles. The van der Waals surface area contributed by atoms with Gasteiger partial charge in [0.05, 0.1) is 13.2 Å². The van der Waals surface area contributed by atoms with Crippen LogP contribution in [0.5, 0.6) is 0 Å². The van der Waals surface area contributed by atoms with E-state index in [1.807, 2.05) is 0 Å². The van der Waals surface area contributed by atoms with Crippen molar-refractivity contribution in [3.05, 3.63) is 12.2 Å². The zero-order valence-electron chi connectivity index (χ0n) is 25.1. The molecule has 2 fully saturated rings. The minimum atomic E-state index is -1.71. The van der Waals surface area contributed by atoms with Crippen molar-refractivity contribution in [3.63, 3.8) is 0 Å². The molecule has 0 aliphatic carbocycles. The Hall–Kier alpha value is -1.23. The number of rotatable bonds is 22. The number of allylic oxidation sites excluding steroid dienone is 2. The summed E-state index contributed by atoms with van der Waals surface area (Å²) < 4.78 is 22.4. The lowest BCUT2D eigenvalue weighted by Crippen LogP contribution is -2.64. The van der Waals surface area contributed by atoms with E-state index in [2.05, 4.69) is 12.2 Å². The molecule has 43 heavy (non-hydrogen) atoms. The van der Waals surface area contributed by atoms with Gasteiger partial charge in [0, 0.05) is 13.0 Å². The summed E-state index contributed by atoms with van der Waals surface area (Å²) in [5.74, 6) is -0.720. The Kier molecular flexibility index (Phi) is 19.0. The standard InChI is InChI=1S/C30H54O13/c31-18-20-23(35)25(37)27(39)29(41-20)43-28-26(38)24(36)21(19-32)42-30(28)40-17-15-13-11-9-7-5-3-1-2-4-6-8-10-12-14-16-22(33)34/h1-2,20-21,23-32,35-39H,3-19H2,(H,33,34)/b2-1-/t20?,21?,23-,24-,25?,26?,27+,28+,29+,30-/m1/s1. The van der Waals surface area contributed by atoms with Gasteiger partial charge in [-0.3, -0.25) is 4.79 Å². The van der Waals surface area contributed by atoms with Crippen LogP contribution in [0.4, 0.5) is 0 Å². The van der Waals surface area contributed by atoms with Crippen molar-refractivity contribution in [2.75, 3.05) is 19.8 Å². The number of carboxylic acid groups (broad SMARTS) is 1. The summed E-state index contributed by atoms with van der Waals surface area (Å²) >= 11 is 0. The second-order valence-electron chi connectivity index (χ2n) is 11.5. The zero-order chi connectivity index (χ0) is 31.6. The highest BCUT2D eigenvalue weighted by Crippen LogP contribution is 2.30. The molecule has 2 heterocycles. The van der Waals surface area contributed by atoms with Gasteiger partial charge in [-0.05, 0) is 38.5 Å². The maximum Gasteiger partial charge on any atom is 0.303 e. The summed E-state index contributed by atoms with van der Waals surface area (Å²) in [6.07, 6.45) is 3.38. The van der Waals surface area contributed by atoms with Crippen molar-refractivity contribution < 1.29 is 64.6 Å². The van der Waals surface area contributed by atoms with Crippen molar-refractivity contribution >= 4 is 5.97 Å². The van der Waals surface area contributed by atoms with E-state index < -0.39 is 80.6 Å². The number of hydrogen-bond donors (Lipinski definition) is 8. The molecule has 0 amide bonds. The smallest absolute Gasteiger partial charge is 0.303 e. The molecule has 10 atom stereocenters. The Labute approximate surface area is 254 Å². The van der Waals surface area contributed by atoms with Gasteiger partial charge < -0.3 is 59.8 Å². The number of aliphatic hydroxyl groups is 7. The van der Waals surface area contributed by atoms with E-state index >= 15 is 0 Å². The van der Waals surface area contributed by atoms with Gasteiger partial charge in [-0.2, -0.15) is 0 Å². The summed E-state index contributed by atoms with van der Waals surface area (Å²) in [6.45, 7) is -0.973. The van der Waals surface area contributed by atoms with Gasteiger partial charge in [0.15, 0.2) is 12.6 Å². The fourth-order valence-corrected chi connectivity index (χ4v) is 5.25. The third-order valence-electron chi connectivity index (χ3n) is 7.94. The first kappa shape index (κ1) is 38.0. The summed E-state index contributed by atoms with van der Waals surface area (Å²) in [6, 6.07) is 0. The number of hydrogen-bond acceptors (Lipinski definition) is 12. The predicted octanol–water partition coefficient (Wildman–Crippen LogP) is 0.729. The van der Waals surface area contributed by atoms with E-state index in [4.69, 9.17) is 24.1 Å². The molecule has 0 radical (unpaired) electrons. The number of unbranched alkanes of at least 4 members (excludes halogenated alkanes) is 11. The molecule has 13 nitrogen and oxygen atoms in total. The van der Waals surface area contributed by atoms with Gasteiger partial charge in [-0.25, -0.2) is 0 Å². The van der Waals surface area contributed by atoms with Crippen molar-refractivity contribution in [3.8, 4) is 0 Å². The summed E-state index contributed by atoms with van der Waals surface area (Å²) in [7, 11) is 0. The van der Waals surface area contributed by atoms with Crippen LogP contribution in [0.15, 0.2) is 12.2 Å². The molecule has 4 unspecified atom stereocenters. The Balaban J connectivity index is 1.62. The number of aliphatic carboxylic acids is 1. The predicted molar refractivity (Wildman–Crippen MR) is 154 cm³/mol. The Morgan fingerprint density at radius 3 is 1.65 bits per heavy atom. The molecule has 8 N–H and O–H groups in total. The topological polar surface area (TPSA) is 216 Å². The van der Waals surface area contributed by atoms with Crippen LogP contribution in [0.2, 0.25) is 0 Å². The molecule has 2 aliphatic heterocycles. The number of ether oxygens (including phenoxy) is 4. The molecular weight excluding hydrogens is 568 g/mol. The third kappa shape index (κ3) is 13.3. The van der Waals surface area contributed by atoms with Gasteiger partial charge in [-0.1, -0.05) is 57.1 Å². The van der Waals surface area contributed by atoms with Crippen LogP contribution in [0.25, 0.3) is 0 Å². The molecule has 252 valence electrons. The minimum Gasteiger partial charge on any atom is -0.481 e. The number of carboxylic acids is 1. The molecular formula is C30H54O13. The highest BCUT2D eigenvalue weighted by atomic mass is 16.8. The summed E-state index contributed by atoms with van der Waals surface area (Å²) in [4.78, 5) is 10.5. The van der Waals surface area contributed by atoms with Crippen LogP contribution in [0.3, 0.4) is 0 Å². The summed E-state index contributed by atoms with van der Waals surface area (Å²) in [5, 5.41) is 78.9. The first-order valence-corrected chi connectivity index (χ1v) is 15.8. The molecule has 13 heteroatoms.